The second kappa shape index (κ2) is 9.13. The molecule has 1 saturated carbocycles. The average Bonchev–Trinajstić information content (AvgIpc) is 2.89. The molecule has 0 spiro atoms. The number of hydrogen-bond acceptors (Lipinski definition) is 3. The summed E-state index contributed by atoms with van der Waals surface area (Å²) in [6.45, 7) is 4.00. The molecule has 0 aromatic heterocycles. The lowest BCUT2D eigenvalue weighted by molar-refractivity contribution is -0.122. The van der Waals surface area contributed by atoms with E-state index in [0.717, 1.165) is 42.6 Å². The van der Waals surface area contributed by atoms with Crippen LogP contribution in [0.3, 0.4) is 0 Å². The number of halogens is 1. The highest BCUT2D eigenvalue weighted by molar-refractivity contribution is 5.88. The van der Waals surface area contributed by atoms with Crippen molar-refractivity contribution in [3.05, 3.63) is 58.9 Å². The minimum absolute atomic E-state index is 0.261. The van der Waals surface area contributed by atoms with Crippen LogP contribution in [0.1, 0.15) is 68.6 Å². The van der Waals surface area contributed by atoms with Crippen LogP contribution in [0.4, 0.5) is 15.8 Å². The molecule has 0 aliphatic heterocycles. The number of anilines is 2. The van der Waals surface area contributed by atoms with E-state index in [0.29, 0.717) is 30.5 Å². The van der Waals surface area contributed by atoms with Gasteiger partial charge in [-0.2, -0.15) is 0 Å². The summed E-state index contributed by atoms with van der Waals surface area (Å²) in [7, 11) is 0. The first-order valence-corrected chi connectivity index (χ1v) is 10.4. The van der Waals surface area contributed by atoms with Gasteiger partial charge in [0.05, 0.1) is 0 Å². The Kier molecular flexibility index (Phi) is 6.61. The highest BCUT2D eigenvalue weighted by Gasteiger charge is 2.33. The molecule has 4 rings (SSSR count). The maximum Gasteiger partial charge on any atom is 0.133 e. The molecule has 3 nitrogen and oxygen atoms in total. The number of carbonyl (C=O) groups is 1. The fraction of sp³-hybridized carbons (Fsp3) is 0.417. The van der Waals surface area contributed by atoms with Crippen LogP contribution in [-0.4, -0.2) is 12.0 Å². The Balaban J connectivity index is 0.00000109. The summed E-state index contributed by atoms with van der Waals surface area (Å²) in [5.74, 6) is 1.02. The summed E-state index contributed by atoms with van der Waals surface area (Å²) in [5.41, 5.74) is 5.18. The number of nitrogens with one attached hydrogen (secondary N) is 2. The number of aryl methyl sites for hydroxylation is 1. The summed E-state index contributed by atoms with van der Waals surface area (Å²) in [6, 6.07) is 10.6. The van der Waals surface area contributed by atoms with Crippen LogP contribution >= 0.6 is 0 Å². The topological polar surface area (TPSA) is 53.0 Å². The Morgan fingerprint density at radius 3 is 2.57 bits per heavy atom. The van der Waals surface area contributed by atoms with Gasteiger partial charge in [0.2, 0.25) is 0 Å². The van der Waals surface area contributed by atoms with Crippen LogP contribution in [0.15, 0.2) is 36.4 Å². The van der Waals surface area contributed by atoms with Crippen molar-refractivity contribution >= 4 is 23.4 Å². The van der Waals surface area contributed by atoms with Crippen molar-refractivity contribution in [3.8, 4) is 0 Å². The van der Waals surface area contributed by atoms with E-state index in [9.17, 15) is 9.18 Å². The van der Waals surface area contributed by atoms with Crippen molar-refractivity contribution in [2.45, 2.75) is 58.3 Å². The molecule has 0 radical (unpaired) electrons. The van der Waals surface area contributed by atoms with Crippen molar-refractivity contribution in [3.63, 3.8) is 0 Å². The molecule has 0 bridgehead atoms. The van der Waals surface area contributed by atoms with Gasteiger partial charge in [-0.3, -0.25) is 4.79 Å². The minimum atomic E-state index is -0.261. The van der Waals surface area contributed by atoms with Crippen LogP contribution < -0.4 is 5.32 Å². The molecule has 148 valence electrons. The number of fused-ring (bicyclic) bond motifs is 3. The molecule has 28 heavy (non-hydrogen) atoms. The Hall–Kier alpha value is -2.49. The van der Waals surface area contributed by atoms with Gasteiger partial charge in [-0.25, -0.2) is 4.39 Å². The van der Waals surface area contributed by atoms with Gasteiger partial charge < -0.3 is 10.7 Å². The third-order valence-corrected chi connectivity index (χ3v) is 5.80. The van der Waals surface area contributed by atoms with Crippen molar-refractivity contribution in [2.24, 2.45) is 5.92 Å². The Bertz CT molecular complexity index is 844. The van der Waals surface area contributed by atoms with Crippen molar-refractivity contribution < 1.29 is 9.18 Å². The number of ketones is 1. The number of Topliss-reactive ketones (excluding diaryl/α,β-unsaturated/α-hetero) is 1. The van der Waals surface area contributed by atoms with E-state index in [1.807, 2.05) is 13.8 Å². The second-order valence-corrected chi connectivity index (χ2v) is 7.45. The Morgan fingerprint density at radius 2 is 1.86 bits per heavy atom. The van der Waals surface area contributed by atoms with Crippen LogP contribution in [0.25, 0.3) is 0 Å². The van der Waals surface area contributed by atoms with Gasteiger partial charge in [0.15, 0.2) is 0 Å². The van der Waals surface area contributed by atoms with Crippen LogP contribution in [-0.2, 0) is 11.2 Å². The molecule has 0 amide bonds. The number of benzene rings is 2. The Morgan fingerprint density at radius 1 is 1.11 bits per heavy atom. The number of carbonyl (C=O) groups excluding carboxylic acids is 1. The van der Waals surface area contributed by atoms with Gasteiger partial charge in [0.1, 0.15) is 11.6 Å². The third-order valence-electron chi connectivity index (χ3n) is 5.80. The standard InChI is InChI=1S/C22H23FN2O.C2H6/c23-17-4-6-18(7-5-17)25-22-12-15-3-1-2-14-10-19(26)8-9-20(14)21(15)11-16(22)13-24;1-2/h4-7,11-14,20,24-25H,1-3,8-10H2;1-2H3. The maximum absolute atomic E-state index is 13.1. The summed E-state index contributed by atoms with van der Waals surface area (Å²) in [6.07, 6.45) is 6.90. The SMILES string of the molecule is CC.N=Cc1cc2c(cc1Nc1ccc(F)cc1)CCCC1CC(=O)CCC21. The molecule has 2 aromatic carbocycles. The first kappa shape index (κ1) is 20.2. The predicted molar refractivity (Wildman–Crippen MR) is 113 cm³/mol. The average molecular weight is 381 g/mol. The number of rotatable bonds is 3. The molecule has 2 N–H and O–H groups in total. The zero-order chi connectivity index (χ0) is 20.1. The van der Waals surface area contributed by atoms with E-state index >= 15 is 0 Å². The van der Waals surface area contributed by atoms with E-state index in [1.54, 1.807) is 12.1 Å². The Labute approximate surface area is 166 Å². The molecular formula is C24H29FN2O. The summed E-state index contributed by atoms with van der Waals surface area (Å²) in [4.78, 5) is 11.9. The summed E-state index contributed by atoms with van der Waals surface area (Å²) < 4.78 is 13.1. The minimum Gasteiger partial charge on any atom is -0.355 e. The lowest BCUT2D eigenvalue weighted by atomic mass is 9.73. The third kappa shape index (κ3) is 4.32. The van der Waals surface area contributed by atoms with Gasteiger partial charge in [-0.05, 0) is 85.0 Å². The van der Waals surface area contributed by atoms with Crippen LogP contribution in [0.2, 0.25) is 0 Å². The molecule has 2 atom stereocenters. The zero-order valence-corrected chi connectivity index (χ0v) is 16.7. The summed E-state index contributed by atoms with van der Waals surface area (Å²) in [5, 5.41) is 11.2. The van der Waals surface area contributed by atoms with Gasteiger partial charge in [0, 0.05) is 36.0 Å². The van der Waals surface area contributed by atoms with Crippen LogP contribution in [0.5, 0.6) is 0 Å². The fourth-order valence-corrected chi connectivity index (χ4v) is 4.51. The van der Waals surface area contributed by atoms with E-state index < -0.39 is 0 Å². The lowest BCUT2D eigenvalue weighted by Gasteiger charge is -2.31. The number of hydrogen-bond donors (Lipinski definition) is 2. The maximum atomic E-state index is 13.1. The molecule has 0 saturated heterocycles. The van der Waals surface area contributed by atoms with Crippen molar-refractivity contribution in [1.29, 1.82) is 5.41 Å². The zero-order valence-electron chi connectivity index (χ0n) is 16.7. The predicted octanol–water partition coefficient (Wildman–Crippen LogP) is 6.38. The van der Waals surface area contributed by atoms with Gasteiger partial charge >= 0.3 is 0 Å². The quantitative estimate of drug-likeness (QED) is 0.607. The molecule has 2 unspecified atom stereocenters. The molecule has 0 heterocycles. The van der Waals surface area contributed by atoms with E-state index in [2.05, 4.69) is 17.4 Å². The smallest absolute Gasteiger partial charge is 0.133 e. The van der Waals surface area contributed by atoms with Crippen molar-refractivity contribution in [2.75, 3.05) is 5.32 Å². The fourth-order valence-electron chi connectivity index (χ4n) is 4.51. The molecule has 2 aliphatic carbocycles. The molecule has 2 aromatic rings. The monoisotopic (exact) mass is 380 g/mol. The first-order chi connectivity index (χ1) is 13.6. The highest BCUT2D eigenvalue weighted by atomic mass is 19.1. The highest BCUT2D eigenvalue weighted by Crippen LogP contribution is 2.44. The first-order valence-electron chi connectivity index (χ1n) is 10.4. The second-order valence-electron chi connectivity index (χ2n) is 7.45. The normalized spacial score (nSPS) is 20.8. The molecule has 4 heteroatoms. The largest absolute Gasteiger partial charge is 0.355 e. The van der Waals surface area contributed by atoms with Crippen LogP contribution in [0, 0.1) is 17.1 Å². The van der Waals surface area contributed by atoms with E-state index in [4.69, 9.17) is 5.41 Å². The van der Waals surface area contributed by atoms with Gasteiger partial charge in [-0.15, -0.1) is 0 Å². The van der Waals surface area contributed by atoms with Gasteiger partial charge in [-0.1, -0.05) is 13.8 Å². The van der Waals surface area contributed by atoms with Gasteiger partial charge in [0.25, 0.3) is 0 Å². The van der Waals surface area contributed by atoms with E-state index in [1.165, 1.54) is 29.5 Å². The molecular weight excluding hydrogens is 351 g/mol. The summed E-state index contributed by atoms with van der Waals surface area (Å²) >= 11 is 0. The molecule has 1 fully saturated rings. The van der Waals surface area contributed by atoms with E-state index in [-0.39, 0.29) is 5.82 Å². The van der Waals surface area contributed by atoms with Crippen molar-refractivity contribution in [1.82, 2.24) is 0 Å². The lowest BCUT2D eigenvalue weighted by Crippen LogP contribution is -2.23. The molecule has 2 aliphatic rings.